The van der Waals surface area contributed by atoms with Gasteiger partial charge in [-0.25, -0.2) is 4.79 Å². The lowest BCUT2D eigenvalue weighted by Gasteiger charge is -2.28. The molecule has 1 aliphatic rings. The third kappa shape index (κ3) is 3.80. The lowest BCUT2D eigenvalue weighted by Crippen LogP contribution is -2.46. The Hall–Kier alpha value is -3.93. The van der Waals surface area contributed by atoms with Gasteiger partial charge in [0.25, 0.3) is 5.91 Å². The predicted octanol–water partition coefficient (Wildman–Crippen LogP) is 3.14. The van der Waals surface area contributed by atoms with E-state index in [4.69, 9.17) is 0 Å². The topological polar surface area (TPSA) is 69.7 Å². The molecule has 0 aliphatic carbocycles. The number of hydrogen-bond acceptors (Lipinski definition) is 3. The Morgan fingerprint density at radius 1 is 0.839 bits per heavy atom. The Labute approximate surface area is 181 Å². The molecule has 0 aromatic heterocycles. The van der Waals surface area contributed by atoms with Crippen LogP contribution in [0.1, 0.15) is 16.7 Å². The SMILES string of the molecule is CN(Cc1ccccc1)C(=O)CN1C(=O)NC(c2ccccc2)(c2ccccc2)C1=O. The molecule has 1 N–H and O–H groups in total. The summed E-state index contributed by atoms with van der Waals surface area (Å²) in [6, 6.07) is 27.2. The molecule has 1 fully saturated rings. The summed E-state index contributed by atoms with van der Waals surface area (Å²) in [6.45, 7) is 0.0707. The summed E-state index contributed by atoms with van der Waals surface area (Å²) in [5.74, 6) is -0.777. The van der Waals surface area contributed by atoms with E-state index in [0.29, 0.717) is 17.7 Å². The van der Waals surface area contributed by atoms with Gasteiger partial charge >= 0.3 is 6.03 Å². The summed E-state index contributed by atoms with van der Waals surface area (Å²) in [5.41, 5.74) is 0.899. The van der Waals surface area contributed by atoms with Gasteiger partial charge in [0.15, 0.2) is 5.54 Å². The van der Waals surface area contributed by atoms with Crippen LogP contribution in [0.4, 0.5) is 4.79 Å². The van der Waals surface area contributed by atoms with Gasteiger partial charge in [0.05, 0.1) is 0 Å². The molecule has 1 aliphatic heterocycles. The third-order valence-electron chi connectivity index (χ3n) is 5.50. The number of likely N-dealkylation sites (N-methyl/N-ethyl adjacent to an activating group) is 1. The summed E-state index contributed by atoms with van der Waals surface area (Å²) in [7, 11) is 1.66. The minimum absolute atomic E-state index is 0.315. The van der Waals surface area contributed by atoms with E-state index in [1.807, 2.05) is 66.7 Å². The molecular weight excluding hydrogens is 390 g/mol. The van der Waals surface area contributed by atoms with Crippen LogP contribution in [-0.4, -0.2) is 41.2 Å². The fourth-order valence-corrected chi connectivity index (χ4v) is 3.86. The van der Waals surface area contributed by atoms with Gasteiger partial charge in [0, 0.05) is 13.6 Å². The van der Waals surface area contributed by atoms with Crippen molar-refractivity contribution >= 4 is 17.8 Å². The average Bonchev–Trinajstić information content (AvgIpc) is 3.06. The largest absolute Gasteiger partial charge is 0.340 e. The van der Waals surface area contributed by atoms with Gasteiger partial charge in [-0.2, -0.15) is 0 Å². The monoisotopic (exact) mass is 413 g/mol. The molecule has 0 atom stereocenters. The number of rotatable bonds is 6. The van der Waals surface area contributed by atoms with Crippen LogP contribution in [0.5, 0.6) is 0 Å². The van der Waals surface area contributed by atoms with E-state index < -0.39 is 17.5 Å². The zero-order valence-corrected chi connectivity index (χ0v) is 17.2. The van der Waals surface area contributed by atoms with Crippen molar-refractivity contribution in [3.8, 4) is 0 Å². The van der Waals surface area contributed by atoms with Crippen molar-refractivity contribution in [2.75, 3.05) is 13.6 Å². The van der Waals surface area contributed by atoms with E-state index in [2.05, 4.69) is 5.32 Å². The summed E-state index contributed by atoms with van der Waals surface area (Å²) < 4.78 is 0. The zero-order chi connectivity index (χ0) is 21.8. The Balaban J connectivity index is 1.61. The molecule has 3 aromatic rings. The highest BCUT2D eigenvalue weighted by atomic mass is 16.2. The summed E-state index contributed by atoms with van der Waals surface area (Å²) >= 11 is 0. The Bertz CT molecular complexity index is 1050. The van der Waals surface area contributed by atoms with E-state index in [1.54, 1.807) is 31.3 Å². The predicted molar refractivity (Wildman–Crippen MR) is 117 cm³/mol. The first kappa shape index (κ1) is 20.3. The quantitative estimate of drug-likeness (QED) is 0.631. The summed E-state index contributed by atoms with van der Waals surface area (Å²) in [6.07, 6.45) is 0. The van der Waals surface area contributed by atoms with Crippen LogP contribution >= 0.6 is 0 Å². The van der Waals surface area contributed by atoms with E-state index in [9.17, 15) is 14.4 Å². The molecule has 31 heavy (non-hydrogen) atoms. The van der Waals surface area contributed by atoms with Crippen LogP contribution in [0, 0.1) is 0 Å². The van der Waals surface area contributed by atoms with Gasteiger partial charge in [0.2, 0.25) is 5.91 Å². The number of hydrogen-bond donors (Lipinski definition) is 1. The number of amides is 4. The minimum atomic E-state index is -1.36. The fourth-order valence-electron chi connectivity index (χ4n) is 3.86. The molecule has 1 saturated heterocycles. The molecule has 6 nitrogen and oxygen atoms in total. The molecule has 3 aromatic carbocycles. The second kappa shape index (κ2) is 8.44. The molecule has 0 bridgehead atoms. The Morgan fingerprint density at radius 3 is 1.84 bits per heavy atom. The Kier molecular flexibility index (Phi) is 5.54. The number of nitrogens with one attached hydrogen (secondary N) is 1. The average molecular weight is 413 g/mol. The molecule has 0 spiro atoms. The van der Waals surface area contributed by atoms with Crippen LogP contribution < -0.4 is 5.32 Å². The fraction of sp³-hybridized carbons (Fsp3) is 0.160. The van der Waals surface area contributed by atoms with Crippen molar-refractivity contribution in [3.05, 3.63) is 108 Å². The van der Waals surface area contributed by atoms with Crippen LogP contribution in [0.15, 0.2) is 91.0 Å². The van der Waals surface area contributed by atoms with Crippen LogP contribution in [0.3, 0.4) is 0 Å². The van der Waals surface area contributed by atoms with Gasteiger partial charge < -0.3 is 10.2 Å². The van der Waals surface area contributed by atoms with Crippen molar-refractivity contribution in [2.24, 2.45) is 0 Å². The maximum atomic E-state index is 13.6. The molecule has 1 heterocycles. The maximum absolute atomic E-state index is 13.6. The van der Waals surface area contributed by atoms with Crippen LogP contribution in [0.2, 0.25) is 0 Å². The highest BCUT2D eigenvalue weighted by Crippen LogP contribution is 2.35. The number of carbonyl (C=O) groups is 3. The number of urea groups is 1. The first-order valence-electron chi connectivity index (χ1n) is 10.1. The van der Waals surface area contributed by atoms with E-state index >= 15 is 0 Å². The normalized spacial score (nSPS) is 14.9. The number of benzene rings is 3. The Morgan fingerprint density at radius 2 is 1.32 bits per heavy atom. The minimum Gasteiger partial charge on any atom is -0.340 e. The molecule has 0 unspecified atom stereocenters. The second-order valence-corrected chi connectivity index (χ2v) is 7.54. The van der Waals surface area contributed by atoms with Gasteiger partial charge in [-0.1, -0.05) is 91.0 Å². The zero-order valence-electron chi connectivity index (χ0n) is 17.2. The molecule has 4 rings (SSSR count). The lowest BCUT2D eigenvalue weighted by atomic mass is 9.82. The highest BCUT2D eigenvalue weighted by molar-refractivity contribution is 6.11. The molecule has 0 radical (unpaired) electrons. The van der Waals surface area contributed by atoms with Crippen molar-refractivity contribution in [3.63, 3.8) is 0 Å². The highest BCUT2D eigenvalue weighted by Gasteiger charge is 2.54. The lowest BCUT2D eigenvalue weighted by molar-refractivity contribution is -0.138. The molecule has 6 heteroatoms. The van der Waals surface area contributed by atoms with Crippen molar-refractivity contribution in [2.45, 2.75) is 12.1 Å². The number of carbonyl (C=O) groups excluding carboxylic acids is 3. The summed E-state index contributed by atoms with van der Waals surface area (Å²) in [4.78, 5) is 41.9. The first-order chi connectivity index (χ1) is 15.0. The number of nitrogens with zero attached hydrogens (tertiary/aromatic N) is 2. The third-order valence-corrected chi connectivity index (χ3v) is 5.50. The summed E-state index contributed by atoms with van der Waals surface area (Å²) in [5, 5.41) is 2.86. The van der Waals surface area contributed by atoms with Gasteiger partial charge in [-0.15, -0.1) is 0 Å². The molecule has 156 valence electrons. The van der Waals surface area contributed by atoms with Crippen molar-refractivity contribution < 1.29 is 14.4 Å². The smallest absolute Gasteiger partial charge is 0.326 e. The molecule has 0 saturated carbocycles. The van der Waals surface area contributed by atoms with Crippen LogP contribution in [0.25, 0.3) is 0 Å². The van der Waals surface area contributed by atoms with Gasteiger partial charge in [0.1, 0.15) is 6.54 Å². The molecular formula is C25H23N3O3. The van der Waals surface area contributed by atoms with E-state index in [0.717, 1.165) is 10.5 Å². The van der Waals surface area contributed by atoms with Crippen molar-refractivity contribution in [1.82, 2.24) is 15.1 Å². The van der Waals surface area contributed by atoms with Crippen LogP contribution in [-0.2, 0) is 21.7 Å². The number of imide groups is 1. The standard InChI is InChI=1S/C25H23N3O3/c1-27(17-19-11-5-2-6-12-19)22(29)18-28-23(30)25(26-24(28)31,20-13-7-3-8-14-20)21-15-9-4-10-16-21/h2-16H,17-18H2,1H3,(H,26,31). The van der Waals surface area contributed by atoms with E-state index in [-0.39, 0.29) is 12.5 Å². The second-order valence-electron chi connectivity index (χ2n) is 7.54. The first-order valence-corrected chi connectivity index (χ1v) is 10.1. The maximum Gasteiger partial charge on any atom is 0.326 e. The van der Waals surface area contributed by atoms with E-state index in [1.165, 1.54) is 4.90 Å². The van der Waals surface area contributed by atoms with Crippen molar-refractivity contribution in [1.29, 1.82) is 0 Å². The van der Waals surface area contributed by atoms with Gasteiger partial charge in [-0.05, 0) is 16.7 Å². The molecule has 4 amide bonds. The van der Waals surface area contributed by atoms with Gasteiger partial charge in [-0.3, -0.25) is 14.5 Å².